The van der Waals surface area contributed by atoms with E-state index in [1.807, 2.05) is 6.26 Å². The van der Waals surface area contributed by atoms with Crippen molar-refractivity contribution in [2.45, 2.75) is 12.5 Å². The first kappa shape index (κ1) is 18.0. The van der Waals surface area contributed by atoms with Crippen LogP contribution in [-0.2, 0) is 4.79 Å². The zero-order chi connectivity index (χ0) is 7.28. The van der Waals surface area contributed by atoms with Gasteiger partial charge in [0.1, 0.15) is 6.04 Å². The first-order chi connectivity index (χ1) is 4.18. The van der Waals surface area contributed by atoms with Crippen molar-refractivity contribution in [1.82, 2.24) is 0 Å². The summed E-state index contributed by atoms with van der Waals surface area (Å²) in [7, 11) is 0. The minimum atomic E-state index is -0.913. The molecule has 11 heavy (non-hydrogen) atoms. The molecule has 1 atom stereocenters. The van der Waals surface area contributed by atoms with E-state index in [1.165, 1.54) is 0 Å². The van der Waals surface area contributed by atoms with Crippen molar-refractivity contribution in [2.24, 2.45) is 5.73 Å². The van der Waals surface area contributed by atoms with Crippen molar-refractivity contribution < 1.29 is 51.9 Å². The molecule has 0 radical (unpaired) electrons. The van der Waals surface area contributed by atoms with Crippen LogP contribution >= 0.6 is 11.8 Å². The van der Waals surface area contributed by atoms with Crippen LogP contribution in [0.15, 0.2) is 0 Å². The van der Waals surface area contributed by atoms with Gasteiger partial charge in [0.15, 0.2) is 0 Å². The summed E-state index contributed by atoms with van der Waals surface area (Å²) in [5.74, 6) is -0.1000. The van der Waals surface area contributed by atoms with E-state index in [-0.39, 0.29) is 42.0 Å². The van der Waals surface area contributed by atoms with E-state index in [1.54, 1.807) is 11.8 Å². The van der Waals surface area contributed by atoms with Crippen molar-refractivity contribution in [1.29, 1.82) is 0 Å². The molecule has 0 spiro atoms. The molecule has 6 heteroatoms. The minimum Gasteiger partial charge on any atom is -1.00 e. The summed E-state index contributed by atoms with van der Waals surface area (Å²) in [6, 6.07) is -0.683. The van der Waals surface area contributed by atoms with Gasteiger partial charge in [0.2, 0.25) is 0 Å². The summed E-state index contributed by atoms with van der Waals surface area (Å²) in [5, 5.41) is 8.27. The van der Waals surface area contributed by atoms with Crippen LogP contribution in [0.25, 0.3) is 0 Å². The molecule has 0 rings (SSSR count). The Labute approximate surface area is 99.2 Å². The maximum Gasteiger partial charge on any atom is 1.00 e. The Kier molecular flexibility index (Phi) is 18.1. The fraction of sp³-hybridized carbons (Fsp3) is 0.800. The van der Waals surface area contributed by atoms with Gasteiger partial charge in [-0.05, 0) is 18.4 Å². The molecule has 0 aliphatic carbocycles. The molecule has 3 nitrogen and oxygen atoms in total. The summed E-state index contributed by atoms with van der Waals surface area (Å²) < 4.78 is 0. The number of nitrogens with two attached hydrogens (primary N) is 1. The molecule has 0 aliphatic rings. The summed E-state index contributed by atoms with van der Waals surface area (Å²) >= 11 is 1.60. The monoisotopic (exact) mass is 207 g/mol. The molecule has 0 fully saturated rings. The number of carboxylic acids is 1. The Balaban J connectivity index is -0.000000320. The molecule has 0 unspecified atom stereocenters. The van der Waals surface area contributed by atoms with E-state index in [4.69, 9.17) is 10.8 Å². The number of hydrogen-bond acceptors (Lipinski definition) is 3. The Hall–Kier alpha value is 1.07. The van der Waals surface area contributed by atoms with Gasteiger partial charge in [-0.3, -0.25) is 4.79 Å². The average Bonchev–Trinajstić information content (AvgIpc) is 1.82. The van der Waals surface area contributed by atoms with Crippen LogP contribution in [0.2, 0.25) is 0 Å². The van der Waals surface area contributed by atoms with Crippen LogP contribution in [0.1, 0.15) is 6.42 Å². The van der Waals surface area contributed by atoms with Crippen LogP contribution in [0.4, 0.5) is 0 Å². The molecule has 0 aromatic heterocycles. The first-order valence-corrected chi connectivity index (χ1v) is 4.05. The third kappa shape index (κ3) is 11.1. The Bertz CT molecular complexity index is 106. The van der Waals surface area contributed by atoms with Crippen LogP contribution in [0.5, 0.6) is 0 Å². The second-order valence-corrected chi connectivity index (χ2v) is 2.71. The van der Waals surface area contributed by atoms with E-state index in [9.17, 15) is 4.79 Å². The Morgan fingerprint density at radius 3 is 2.45 bits per heavy atom. The van der Waals surface area contributed by atoms with Crippen molar-refractivity contribution in [2.75, 3.05) is 12.0 Å². The molecular formula is C5H11ClNNaO2S. The Morgan fingerprint density at radius 1 is 1.73 bits per heavy atom. The normalized spacial score (nSPS) is 10.7. The fourth-order valence-electron chi connectivity index (χ4n) is 0.368. The number of carbonyl (C=O) groups is 1. The molecule has 0 bridgehead atoms. The number of aliphatic carboxylic acids is 1. The van der Waals surface area contributed by atoms with Crippen LogP contribution in [0, 0.1) is 0 Å². The third-order valence-electron chi connectivity index (χ3n) is 0.950. The van der Waals surface area contributed by atoms with Crippen LogP contribution in [0.3, 0.4) is 0 Å². The Morgan fingerprint density at radius 2 is 2.18 bits per heavy atom. The standard InChI is InChI=1S/C5H11NO2S.ClH.Na/c1-9-3-2-4(6)5(7)8;;/h4H,2-3,6H2,1H3,(H,7,8);1H;/q;;+1/p-1/t4-;;/m0../s1. The SMILES string of the molecule is CSCC[C@H](N)C(=O)O.[Cl-].[Na+]. The molecule has 0 aliphatic heterocycles. The van der Waals surface area contributed by atoms with Crippen LogP contribution in [-0.4, -0.2) is 29.1 Å². The molecule has 0 amide bonds. The smallest absolute Gasteiger partial charge is 1.00 e. The van der Waals surface area contributed by atoms with Crippen molar-refractivity contribution in [3.05, 3.63) is 0 Å². The van der Waals surface area contributed by atoms with Crippen molar-refractivity contribution >= 4 is 17.7 Å². The largest absolute Gasteiger partial charge is 1.00 e. The van der Waals surface area contributed by atoms with Gasteiger partial charge >= 0.3 is 35.5 Å². The van der Waals surface area contributed by atoms with Crippen LogP contribution < -0.4 is 47.7 Å². The second-order valence-electron chi connectivity index (χ2n) is 1.73. The first-order valence-electron chi connectivity index (χ1n) is 2.65. The molecule has 0 saturated heterocycles. The maximum atomic E-state index is 10.1. The van der Waals surface area contributed by atoms with Gasteiger partial charge in [-0.1, -0.05) is 0 Å². The molecule has 0 aromatic carbocycles. The second kappa shape index (κ2) is 11.1. The quantitative estimate of drug-likeness (QED) is 0.451. The van der Waals surface area contributed by atoms with Gasteiger partial charge in [-0.25, -0.2) is 0 Å². The van der Waals surface area contributed by atoms with E-state index in [2.05, 4.69) is 0 Å². The van der Waals surface area contributed by atoms with Gasteiger partial charge in [0.25, 0.3) is 0 Å². The number of rotatable bonds is 4. The molecule has 62 valence electrons. The third-order valence-corrected chi connectivity index (χ3v) is 1.59. The van der Waals surface area contributed by atoms with Gasteiger partial charge in [-0.2, -0.15) is 11.8 Å². The summed E-state index contributed by atoms with van der Waals surface area (Å²) in [6.07, 6.45) is 2.48. The van der Waals surface area contributed by atoms with Gasteiger partial charge in [0.05, 0.1) is 0 Å². The molecule has 0 saturated carbocycles. The van der Waals surface area contributed by atoms with Gasteiger partial charge in [0, 0.05) is 0 Å². The zero-order valence-corrected chi connectivity index (χ0v) is 10.3. The van der Waals surface area contributed by atoms with Gasteiger partial charge in [-0.15, -0.1) is 0 Å². The molecular weight excluding hydrogens is 197 g/mol. The number of halogens is 1. The molecule has 0 aromatic rings. The summed E-state index contributed by atoms with van der Waals surface area (Å²) in [4.78, 5) is 10.1. The number of thioether (sulfide) groups is 1. The van der Waals surface area contributed by atoms with Crippen molar-refractivity contribution in [3.8, 4) is 0 Å². The minimum absolute atomic E-state index is 0. The number of carboxylic acid groups (broad SMARTS) is 1. The fourth-order valence-corrected chi connectivity index (χ4v) is 0.858. The van der Waals surface area contributed by atoms with Crippen molar-refractivity contribution in [3.63, 3.8) is 0 Å². The van der Waals surface area contributed by atoms with E-state index in [0.717, 1.165) is 5.75 Å². The summed E-state index contributed by atoms with van der Waals surface area (Å²) in [5.41, 5.74) is 5.19. The number of hydrogen-bond donors (Lipinski definition) is 2. The van der Waals surface area contributed by atoms with E-state index in [0.29, 0.717) is 6.42 Å². The van der Waals surface area contributed by atoms with E-state index >= 15 is 0 Å². The zero-order valence-electron chi connectivity index (χ0n) is 6.71. The topological polar surface area (TPSA) is 63.3 Å². The van der Waals surface area contributed by atoms with Gasteiger partial charge < -0.3 is 23.2 Å². The predicted octanol–water partition coefficient (Wildman–Crippen LogP) is -5.84. The average molecular weight is 208 g/mol. The molecule has 0 heterocycles. The summed E-state index contributed by atoms with van der Waals surface area (Å²) in [6.45, 7) is 0. The maximum absolute atomic E-state index is 10.1. The molecule has 3 N–H and O–H groups in total. The van der Waals surface area contributed by atoms with E-state index < -0.39 is 12.0 Å². The predicted molar refractivity (Wildman–Crippen MR) is 38.6 cm³/mol.